The number of amides is 1. The Morgan fingerprint density at radius 3 is 1.89 bits per heavy atom. The third kappa shape index (κ3) is 6.05. The van der Waals surface area contributed by atoms with Crippen LogP contribution in [0.5, 0.6) is 0 Å². The molecule has 4 aromatic rings. The molecule has 0 heterocycles. The van der Waals surface area contributed by atoms with Crippen molar-refractivity contribution in [3.63, 3.8) is 0 Å². The van der Waals surface area contributed by atoms with Gasteiger partial charge in [-0.15, -0.1) is 0 Å². The average molecular weight is 503 g/mol. The molecule has 5 nitrogen and oxygen atoms in total. The van der Waals surface area contributed by atoms with Gasteiger partial charge in [0.15, 0.2) is 0 Å². The van der Waals surface area contributed by atoms with E-state index in [0.717, 1.165) is 21.0 Å². The van der Waals surface area contributed by atoms with Gasteiger partial charge in [-0.25, -0.2) is 12.8 Å². The lowest BCUT2D eigenvalue weighted by atomic mass is 9.99. The van der Waals surface area contributed by atoms with Gasteiger partial charge in [-0.3, -0.25) is 4.79 Å². The summed E-state index contributed by atoms with van der Waals surface area (Å²) in [5.41, 5.74) is 2.81. The van der Waals surface area contributed by atoms with Crippen LogP contribution in [0.2, 0.25) is 0 Å². The first-order valence-electron chi connectivity index (χ1n) is 11.5. The van der Waals surface area contributed by atoms with Gasteiger partial charge in [0.2, 0.25) is 15.9 Å². The number of sulfonamides is 1. The molecule has 184 valence electrons. The fraction of sp³-hybridized carbons (Fsp3) is 0.138. The van der Waals surface area contributed by atoms with Gasteiger partial charge in [-0.05, 0) is 36.2 Å². The number of aryl methyl sites for hydroxylation is 1. The van der Waals surface area contributed by atoms with Crippen molar-refractivity contribution in [3.05, 3.63) is 137 Å². The number of carbonyl (C=O) groups is 1. The summed E-state index contributed by atoms with van der Waals surface area (Å²) in [6.07, 6.45) is 0. The SMILES string of the molecule is Cc1ccc(S(=O)(=O)N(CC(=O)NC(c2ccccc2)c2ccccc2)Cc2ccccc2F)cc1. The summed E-state index contributed by atoms with van der Waals surface area (Å²) in [6, 6.07) is 30.7. The smallest absolute Gasteiger partial charge is 0.243 e. The van der Waals surface area contributed by atoms with Crippen LogP contribution in [0.15, 0.2) is 114 Å². The molecule has 4 rings (SSSR count). The minimum Gasteiger partial charge on any atom is -0.344 e. The highest BCUT2D eigenvalue weighted by molar-refractivity contribution is 7.89. The molecule has 1 N–H and O–H groups in total. The van der Waals surface area contributed by atoms with E-state index < -0.39 is 34.3 Å². The molecular formula is C29H27FN2O3S. The number of hydrogen-bond acceptors (Lipinski definition) is 3. The van der Waals surface area contributed by atoms with E-state index >= 15 is 0 Å². The molecule has 0 aliphatic heterocycles. The molecule has 7 heteroatoms. The number of carbonyl (C=O) groups excluding carboxylic acids is 1. The lowest BCUT2D eigenvalue weighted by Crippen LogP contribution is -2.41. The Morgan fingerprint density at radius 2 is 1.33 bits per heavy atom. The Balaban J connectivity index is 1.65. The molecule has 0 bridgehead atoms. The first-order valence-corrected chi connectivity index (χ1v) is 13.0. The van der Waals surface area contributed by atoms with Crippen LogP contribution in [0, 0.1) is 12.7 Å². The highest BCUT2D eigenvalue weighted by atomic mass is 32.2. The number of benzene rings is 4. The van der Waals surface area contributed by atoms with Gasteiger partial charge >= 0.3 is 0 Å². The topological polar surface area (TPSA) is 66.5 Å². The number of nitrogens with one attached hydrogen (secondary N) is 1. The molecule has 0 atom stereocenters. The second kappa shape index (κ2) is 11.3. The first-order chi connectivity index (χ1) is 17.3. The summed E-state index contributed by atoms with van der Waals surface area (Å²) in [6.45, 7) is 1.10. The van der Waals surface area contributed by atoms with E-state index in [1.54, 1.807) is 18.2 Å². The summed E-state index contributed by atoms with van der Waals surface area (Å²) in [7, 11) is -4.09. The Kier molecular flexibility index (Phi) is 7.93. The van der Waals surface area contributed by atoms with Crippen LogP contribution >= 0.6 is 0 Å². The van der Waals surface area contributed by atoms with E-state index in [-0.39, 0.29) is 17.0 Å². The summed E-state index contributed by atoms with van der Waals surface area (Å²) in [4.78, 5) is 13.3. The van der Waals surface area contributed by atoms with Crippen molar-refractivity contribution in [2.75, 3.05) is 6.54 Å². The normalized spacial score (nSPS) is 11.6. The lowest BCUT2D eigenvalue weighted by molar-refractivity contribution is -0.121. The number of halogens is 1. The van der Waals surface area contributed by atoms with Gasteiger partial charge in [-0.1, -0.05) is 96.6 Å². The maximum atomic E-state index is 14.5. The Morgan fingerprint density at radius 1 is 0.806 bits per heavy atom. The maximum absolute atomic E-state index is 14.5. The van der Waals surface area contributed by atoms with Crippen molar-refractivity contribution >= 4 is 15.9 Å². The maximum Gasteiger partial charge on any atom is 0.243 e. The lowest BCUT2D eigenvalue weighted by Gasteiger charge is -2.25. The second-order valence-corrected chi connectivity index (χ2v) is 10.4. The molecule has 0 saturated heterocycles. The Hall–Kier alpha value is -3.81. The molecule has 0 fully saturated rings. The molecule has 1 amide bonds. The zero-order chi connectivity index (χ0) is 25.5. The number of hydrogen-bond donors (Lipinski definition) is 1. The quantitative estimate of drug-likeness (QED) is 0.341. The third-order valence-corrected chi connectivity index (χ3v) is 7.66. The number of nitrogens with zero attached hydrogens (tertiary/aromatic N) is 1. The molecule has 0 aliphatic rings. The molecule has 36 heavy (non-hydrogen) atoms. The van der Waals surface area contributed by atoms with Gasteiger partial charge in [-0.2, -0.15) is 4.31 Å². The van der Waals surface area contributed by atoms with E-state index in [1.165, 1.54) is 30.3 Å². The van der Waals surface area contributed by atoms with Crippen molar-refractivity contribution in [2.45, 2.75) is 24.4 Å². The van der Waals surface area contributed by atoms with Crippen molar-refractivity contribution in [1.29, 1.82) is 0 Å². The molecule has 0 spiro atoms. The average Bonchev–Trinajstić information content (AvgIpc) is 2.89. The summed E-state index contributed by atoms with van der Waals surface area (Å²) in [5.74, 6) is -1.03. The number of rotatable bonds is 9. The van der Waals surface area contributed by atoms with Crippen molar-refractivity contribution < 1.29 is 17.6 Å². The highest BCUT2D eigenvalue weighted by Crippen LogP contribution is 2.23. The molecule has 0 aromatic heterocycles. The minimum absolute atomic E-state index is 0.0416. The van der Waals surface area contributed by atoms with Crippen molar-refractivity contribution in [2.24, 2.45) is 0 Å². The molecule has 0 saturated carbocycles. The van der Waals surface area contributed by atoms with Crippen molar-refractivity contribution in [1.82, 2.24) is 9.62 Å². The fourth-order valence-electron chi connectivity index (χ4n) is 3.92. The predicted molar refractivity (Wildman–Crippen MR) is 138 cm³/mol. The van der Waals surface area contributed by atoms with Gasteiger partial charge in [0.25, 0.3) is 0 Å². The monoisotopic (exact) mass is 502 g/mol. The Labute approximate surface area is 211 Å². The molecular weight excluding hydrogens is 475 g/mol. The van der Waals surface area contributed by atoms with E-state index in [4.69, 9.17) is 0 Å². The van der Waals surface area contributed by atoms with E-state index in [0.29, 0.717) is 0 Å². The highest BCUT2D eigenvalue weighted by Gasteiger charge is 2.29. The van der Waals surface area contributed by atoms with Crippen LogP contribution in [-0.2, 0) is 21.4 Å². The van der Waals surface area contributed by atoms with E-state index in [1.807, 2.05) is 67.6 Å². The van der Waals surface area contributed by atoms with Crippen LogP contribution in [0.4, 0.5) is 4.39 Å². The van der Waals surface area contributed by atoms with Crippen LogP contribution in [0.25, 0.3) is 0 Å². The Bertz CT molecular complexity index is 1370. The van der Waals surface area contributed by atoms with Gasteiger partial charge in [0.05, 0.1) is 17.5 Å². The third-order valence-electron chi connectivity index (χ3n) is 5.85. The van der Waals surface area contributed by atoms with Crippen LogP contribution in [0.1, 0.15) is 28.3 Å². The molecule has 4 aromatic carbocycles. The molecule has 0 aliphatic carbocycles. The van der Waals surface area contributed by atoms with Crippen LogP contribution < -0.4 is 5.32 Å². The standard InChI is InChI=1S/C29H27FN2O3S/c1-22-16-18-26(19-17-22)36(34,35)32(20-25-14-8-9-15-27(25)30)21-28(33)31-29(23-10-4-2-5-11-23)24-12-6-3-7-13-24/h2-19,29H,20-21H2,1H3,(H,31,33). The predicted octanol–water partition coefficient (Wildman–Crippen LogP) is 5.23. The van der Waals surface area contributed by atoms with E-state index in [2.05, 4.69) is 5.32 Å². The molecule has 0 radical (unpaired) electrons. The first kappa shape index (κ1) is 25.3. The van der Waals surface area contributed by atoms with Gasteiger partial charge in [0.1, 0.15) is 5.82 Å². The van der Waals surface area contributed by atoms with Crippen LogP contribution in [-0.4, -0.2) is 25.2 Å². The zero-order valence-electron chi connectivity index (χ0n) is 19.8. The van der Waals surface area contributed by atoms with Gasteiger partial charge < -0.3 is 5.32 Å². The van der Waals surface area contributed by atoms with Gasteiger partial charge in [0, 0.05) is 12.1 Å². The second-order valence-electron chi connectivity index (χ2n) is 8.50. The fourth-order valence-corrected chi connectivity index (χ4v) is 5.29. The van der Waals surface area contributed by atoms with Crippen molar-refractivity contribution in [3.8, 4) is 0 Å². The molecule has 0 unspecified atom stereocenters. The summed E-state index contributed by atoms with van der Waals surface area (Å²) < 4.78 is 42.6. The largest absolute Gasteiger partial charge is 0.344 e. The summed E-state index contributed by atoms with van der Waals surface area (Å²) >= 11 is 0. The zero-order valence-corrected chi connectivity index (χ0v) is 20.7. The van der Waals surface area contributed by atoms with Crippen LogP contribution in [0.3, 0.4) is 0 Å². The summed E-state index contributed by atoms with van der Waals surface area (Å²) in [5, 5.41) is 2.97. The van der Waals surface area contributed by atoms with E-state index in [9.17, 15) is 17.6 Å². The minimum atomic E-state index is -4.09.